The maximum Gasteiger partial charge on any atom is 0.339 e. The minimum Gasteiger partial charge on any atom is -0.452 e. The molecule has 0 atom stereocenters. The highest BCUT2D eigenvalue weighted by Gasteiger charge is 2.14. The number of hydrogen-bond donors (Lipinski definition) is 1. The predicted molar refractivity (Wildman–Crippen MR) is 94.3 cm³/mol. The number of carbonyl (C=O) groups excluding carboxylic acids is 2. The molecule has 0 radical (unpaired) electrons. The number of esters is 1. The number of hydrogen-bond acceptors (Lipinski definition) is 3. The zero-order valence-electron chi connectivity index (χ0n) is 13.0. The van der Waals surface area contributed by atoms with Crippen LogP contribution < -0.4 is 5.32 Å². The van der Waals surface area contributed by atoms with Crippen molar-refractivity contribution in [1.29, 1.82) is 0 Å². The molecule has 0 saturated carbocycles. The monoisotopic (exact) mass is 357 g/mol. The van der Waals surface area contributed by atoms with E-state index in [9.17, 15) is 14.0 Å². The van der Waals surface area contributed by atoms with Gasteiger partial charge in [0, 0.05) is 5.02 Å². The number of fused-ring (bicyclic) bond motifs is 1. The van der Waals surface area contributed by atoms with Crippen molar-refractivity contribution in [2.24, 2.45) is 0 Å². The van der Waals surface area contributed by atoms with Crippen molar-refractivity contribution in [3.8, 4) is 0 Å². The van der Waals surface area contributed by atoms with Gasteiger partial charge in [-0.3, -0.25) is 4.79 Å². The SMILES string of the molecule is O=C(COC(=O)c1cccc2ccccc12)Nc1cc(Cl)ccc1F. The van der Waals surface area contributed by atoms with E-state index in [1.54, 1.807) is 18.2 Å². The standard InChI is InChI=1S/C19H13ClFNO3/c20-13-8-9-16(21)17(10-13)22-18(23)11-25-19(24)15-7-3-5-12-4-1-2-6-14(12)15/h1-10H,11H2,(H,22,23). The van der Waals surface area contributed by atoms with Crippen LogP contribution in [0.3, 0.4) is 0 Å². The van der Waals surface area contributed by atoms with Gasteiger partial charge in [0.25, 0.3) is 5.91 Å². The number of anilines is 1. The van der Waals surface area contributed by atoms with Gasteiger partial charge in [-0.25, -0.2) is 9.18 Å². The number of benzene rings is 3. The molecule has 0 saturated heterocycles. The first kappa shape index (κ1) is 16.9. The summed E-state index contributed by atoms with van der Waals surface area (Å²) in [5.41, 5.74) is 0.290. The molecule has 0 aliphatic rings. The number of rotatable bonds is 4. The van der Waals surface area contributed by atoms with Gasteiger partial charge in [0.1, 0.15) is 5.82 Å². The van der Waals surface area contributed by atoms with Crippen molar-refractivity contribution < 1.29 is 18.7 Å². The molecule has 3 aromatic carbocycles. The molecule has 126 valence electrons. The molecule has 0 bridgehead atoms. The number of nitrogens with one attached hydrogen (secondary N) is 1. The third-order valence-electron chi connectivity index (χ3n) is 3.55. The van der Waals surface area contributed by atoms with E-state index in [1.807, 2.05) is 24.3 Å². The van der Waals surface area contributed by atoms with Gasteiger partial charge in [0.2, 0.25) is 0 Å². The lowest BCUT2D eigenvalue weighted by molar-refractivity contribution is -0.119. The van der Waals surface area contributed by atoms with Crippen molar-refractivity contribution in [3.05, 3.63) is 77.1 Å². The van der Waals surface area contributed by atoms with Crippen LogP contribution in [0.4, 0.5) is 10.1 Å². The fourth-order valence-electron chi connectivity index (χ4n) is 2.39. The lowest BCUT2D eigenvalue weighted by Gasteiger charge is -2.09. The van der Waals surface area contributed by atoms with E-state index in [4.69, 9.17) is 16.3 Å². The van der Waals surface area contributed by atoms with Crippen LogP contribution >= 0.6 is 11.6 Å². The largest absolute Gasteiger partial charge is 0.452 e. The van der Waals surface area contributed by atoms with Crippen LogP contribution in [0.5, 0.6) is 0 Å². The molecule has 0 heterocycles. The molecule has 1 amide bonds. The molecule has 0 aromatic heterocycles. The maximum atomic E-state index is 13.6. The Kier molecular flexibility index (Phi) is 4.95. The molecule has 0 fully saturated rings. The average molecular weight is 358 g/mol. The van der Waals surface area contributed by atoms with Crippen molar-refractivity contribution in [2.75, 3.05) is 11.9 Å². The third kappa shape index (κ3) is 3.95. The number of halogens is 2. The Balaban J connectivity index is 1.67. The predicted octanol–water partition coefficient (Wildman–Crippen LogP) is 4.43. The molecule has 25 heavy (non-hydrogen) atoms. The van der Waals surface area contributed by atoms with Gasteiger partial charge >= 0.3 is 5.97 Å². The third-order valence-corrected chi connectivity index (χ3v) is 3.78. The minimum atomic E-state index is -0.658. The first-order chi connectivity index (χ1) is 12.0. The van der Waals surface area contributed by atoms with Crippen molar-refractivity contribution >= 4 is 39.9 Å². The van der Waals surface area contributed by atoms with E-state index < -0.39 is 24.3 Å². The summed E-state index contributed by atoms with van der Waals surface area (Å²) in [6.07, 6.45) is 0. The summed E-state index contributed by atoms with van der Waals surface area (Å²) in [5, 5.41) is 4.23. The Hall–Kier alpha value is -2.92. The zero-order chi connectivity index (χ0) is 17.8. The van der Waals surface area contributed by atoms with Gasteiger partial charge in [-0.1, -0.05) is 48.0 Å². The van der Waals surface area contributed by atoms with Crippen LogP contribution in [0, 0.1) is 5.82 Å². The lowest BCUT2D eigenvalue weighted by Crippen LogP contribution is -2.21. The molecule has 3 rings (SSSR count). The highest BCUT2D eigenvalue weighted by molar-refractivity contribution is 6.30. The Bertz CT molecular complexity index is 953. The Morgan fingerprint density at radius 3 is 2.64 bits per heavy atom. The fourth-order valence-corrected chi connectivity index (χ4v) is 2.56. The Morgan fingerprint density at radius 2 is 1.80 bits per heavy atom. The summed E-state index contributed by atoms with van der Waals surface area (Å²) in [6, 6.07) is 16.4. The molecule has 0 unspecified atom stereocenters. The molecule has 4 nitrogen and oxygen atoms in total. The lowest BCUT2D eigenvalue weighted by atomic mass is 10.1. The highest BCUT2D eigenvalue weighted by Crippen LogP contribution is 2.20. The molecule has 3 aromatic rings. The second kappa shape index (κ2) is 7.32. The van der Waals surface area contributed by atoms with Gasteiger partial charge in [-0.05, 0) is 35.0 Å². The summed E-state index contributed by atoms with van der Waals surface area (Å²) in [6.45, 7) is -0.534. The van der Waals surface area contributed by atoms with Crippen LogP contribution in [0.15, 0.2) is 60.7 Å². The normalized spacial score (nSPS) is 10.5. The van der Waals surface area contributed by atoms with E-state index in [0.29, 0.717) is 5.56 Å². The van der Waals surface area contributed by atoms with Gasteiger partial charge in [-0.2, -0.15) is 0 Å². The molecule has 1 N–H and O–H groups in total. The molecule has 0 spiro atoms. The first-order valence-corrected chi connectivity index (χ1v) is 7.82. The van der Waals surface area contributed by atoms with E-state index in [2.05, 4.69) is 5.32 Å². The molecular formula is C19H13ClFNO3. The molecular weight excluding hydrogens is 345 g/mol. The van der Waals surface area contributed by atoms with Crippen LogP contribution in [0.25, 0.3) is 10.8 Å². The summed E-state index contributed by atoms with van der Waals surface area (Å²) in [4.78, 5) is 24.1. The fraction of sp³-hybridized carbons (Fsp3) is 0.0526. The van der Waals surface area contributed by atoms with E-state index in [-0.39, 0.29) is 10.7 Å². The van der Waals surface area contributed by atoms with Gasteiger partial charge in [0.05, 0.1) is 11.3 Å². The number of carbonyl (C=O) groups is 2. The van der Waals surface area contributed by atoms with Crippen LogP contribution in [0.1, 0.15) is 10.4 Å². The van der Waals surface area contributed by atoms with E-state index >= 15 is 0 Å². The zero-order valence-corrected chi connectivity index (χ0v) is 13.7. The van der Waals surface area contributed by atoms with Gasteiger partial charge < -0.3 is 10.1 Å². The van der Waals surface area contributed by atoms with Gasteiger partial charge in [0.15, 0.2) is 6.61 Å². The molecule has 6 heteroatoms. The summed E-state index contributed by atoms with van der Waals surface area (Å²) < 4.78 is 18.6. The van der Waals surface area contributed by atoms with Crippen molar-refractivity contribution in [2.45, 2.75) is 0 Å². The maximum absolute atomic E-state index is 13.6. The van der Waals surface area contributed by atoms with Crippen LogP contribution in [0.2, 0.25) is 5.02 Å². The number of ether oxygens (including phenoxy) is 1. The number of amides is 1. The van der Waals surface area contributed by atoms with Crippen molar-refractivity contribution in [3.63, 3.8) is 0 Å². The first-order valence-electron chi connectivity index (χ1n) is 7.44. The van der Waals surface area contributed by atoms with E-state index in [0.717, 1.165) is 16.8 Å². The average Bonchev–Trinajstić information content (AvgIpc) is 2.62. The second-order valence-electron chi connectivity index (χ2n) is 5.28. The van der Waals surface area contributed by atoms with Crippen LogP contribution in [-0.4, -0.2) is 18.5 Å². The Labute approximate surface area is 148 Å². The Morgan fingerprint density at radius 1 is 1.04 bits per heavy atom. The van der Waals surface area contributed by atoms with Gasteiger partial charge in [-0.15, -0.1) is 0 Å². The smallest absolute Gasteiger partial charge is 0.339 e. The topological polar surface area (TPSA) is 55.4 Å². The highest BCUT2D eigenvalue weighted by atomic mass is 35.5. The summed E-state index contributed by atoms with van der Waals surface area (Å²) in [7, 11) is 0. The minimum absolute atomic E-state index is 0.0706. The molecule has 0 aliphatic carbocycles. The summed E-state index contributed by atoms with van der Waals surface area (Å²) in [5.74, 6) is -1.91. The quantitative estimate of drug-likeness (QED) is 0.703. The second-order valence-corrected chi connectivity index (χ2v) is 5.71. The molecule has 0 aliphatic heterocycles. The van der Waals surface area contributed by atoms with E-state index in [1.165, 1.54) is 12.1 Å². The van der Waals surface area contributed by atoms with Crippen molar-refractivity contribution in [1.82, 2.24) is 0 Å². The summed E-state index contributed by atoms with van der Waals surface area (Å²) >= 11 is 5.76. The van der Waals surface area contributed by atoms with Crippen LogP contribution in [-0.2, 0) is 9.53 Å².